The fourth-order valence-electron chi connectivity index (χ4n) is 1.86. The van der Waals surface area contributed by atoms with E-state index in [4.69, 9.17) is 0 Å². The second kappa shape index (κ2) is 5.98. The summed E-state index contributed by atoms with van der Waals surface area (Å²) in [6.45, 7) is 6.51. The minimum Gasteiger partial charge on any atom is -0.313 e. The molecule has 0 saturated heterocycles. The summed E-state index contributed by atoms with van der Waals surface area (Å²) in [4.78, 5) is 0. The van der Waals surface area contributed by atoms with Gasteiger partial charge in [-0.25, -0.2) is 13.1 Å². The van der Waals surface area contributed by atoms with Crippen molar-refractivity contribution < 1.29 is 8.42 Å². The molecule has 0 bridgehead atoms. The number of nitrogens with one attached hydrogen (secondary N) is 2. The van der Waals surface area contributed by atoms with E-state index in [-0.39, 0.29) is 11.8 Å². The molecule has 0 radical (unpaired) electrons. The van der Waals surface area contributed by atoms with Crippen LogP contribution >= 0.6 is 0 Å². The van der Waals surface area contributed by atoms with Gasteiger partial charge in [0.1, 0.15) is 0 Å². The first-order valence-corrected chi connectivity index (χ1v) is 7.79. The van der Waals surface area contributed by atoms with Gasteiger partial charge in [0.2, 0.25) is 10.0 Å². The third-order valence-electron chi connectivity index (χ3n) is 3.15. The largest absolute Gasteiger partial charge is 0.313 e. The fraction of sp³-hybridized carbons (Fsp3) is 1.00. The average molecular weight is 248 g/mol. The van der Waals surface area contributed by atoms with E-state index in [0.29, 0.717) is 18.5 Å². The monoisotopic (exact) mass is 248 g/mol. The summed E-state index contributed by atoms with van der Waals surface area (Å²) >= 11 is 0. The molecular formula is C11H24N2O2S. The van der Waals surface area contributed by atoms with Crippen molar-refractivity contribution in [2.45, 2.75) is 52.1 Å². The predicted molar refractivity (Wildman–Crippen MR) is 66.9 cm³/mol. The molecule has 1 saturated carbocycles. The smallest absolute Gasteiger partial charge is 0.213 e. The quantitative estimate of drug-likeness (QED) is 0.709. The molecule has 1 rings (SSSR count). The summed E-state index contributed by atoms with van der Waals surface area (Å²) in [5.74, 6) is 0.718. The van der Waals surface area contributed by atoms with Gasteiger partial charge in [0, 0.05) is 18.6 Å². The van der Waals surface area contributed by atoms with Crippen molar-refractivity contribution in [3.8, 4) is 0 Å². The molecule has 96 valence electrons. The maximum atomic E-state index is 11.7. The summed E-state index contributed by atoms with van der Waals surface area (Å²) in [5.41, 5.74) is 0. The zero-order chi connectivity index (χ0) is 12.2. The van der Waals surface area contributed by atoms with Crippen LogP contribution in [0, 0.1) is 5.92 Å². The highest BCUT2D eigenvalue weighted by Crippen LogP contribution is 2.29. The molecule has 16 heavy (non-hydrogen) atoms. The fourth-order valence-corrected chi connectivity index (χ4v) is 3.12. The molecule has 5 heteroatoms. The molecule has 2 N–H and O–H groups in total. The van der Waals surface area contributed by atoms with E-state index in [9.17, 15) is 8.42 Å². The van der Waals surface area contributed by atoms with Crippen LogP contribution in [-0.2, 0) is 10.0 Å². The maximum absolute atomic E-state index is 11.7. The number of sulfonamides is 1. The third kappa shape index (κ3) is 4.80. The van der Waals surface area contributed by atoms with Crippen LogP contribution in [0.3, 0.4) is 0 Å². The standard InChI is InChI=1S/C11H24N2O2S/c1-9(2)12-7-8-16(14,15)13-10(3)11-5-4-6-11/h9-13H,4-8H2,1-3H3. The van der Waals surface area contributed by atoms with Crippen molar-refractivity contribution in [1.82, 2.24) is 10.0 Å². The Morgan fingerprint density at radius 2 is 1.88 bits per heavy atom. The van der Waals surface area contributed by atoms with Gasteiger partial charge in [-0.3, -0.25) is 0 Å². The number of rotatable bonds is 7. The minimum absolute atomic E-state index is 0.0952. The zero-order valence-electron chi connectivity index (χ0n) is 10.5. The van der Waals surface area contributed by atoms with Gasteiger partial charge >= 0.3 is 0 Å². The van der Waals surface area contributed by atoms with E-state index in [1.807, 2.05) is 20.8 Å². The number of hydrogen-bond donors (Lipinski definition) is 2. The lowest BCUT2D eigenvalue weighted by Gasteiger charge is -2.31. The van der Waals surface area contributed by atoms with Gasteiger partial charge in [-0.1, -0.05) is 20.3 Å². The lowest BCUT2D eigenvalue weighted by Crippen LogP contribution is -2.43. The topological polar surface area (TPSA) is 58.2 Å². The van der Waals surface area contributed by atoms with Crippen molar-refractivity contribution in [2.24, 2.45) is 5.92 Å². The SMILES string of the molecule is CC(C)NCCS(=O)(=O)NC(C)C1CCC1. The summed E-state index contributed by atoms with van der Waals surface area (Å²) < 4.78 is 26.2. The zero-order valence-corrected chi connectivity index (χ0v) is 11.3. The lowest BCUT2D eigenvalue weighted by molar-refractivity contribution is 0.260. The first-order chi connectivity index (χ1) is 7.41. The normalized spacial score (nSPS) is 19.8. The van der Waals surface area contributed by atoms with Gasteiger partial charge in [0.25, 0.3) is 0 Å². The van der Waals surface area contributed by atoms with Crippen molar-refractivity contribution in [2.75, 3.05) is 12.3 Å². The Kier molecular flexibility index (Phi) is 5.21. The van der Waals surface area contributed by atoms with Gasteiger partial charge in [-0.15, -0.1) is 0 Å². The van der Waals surface area contributed by atoms with Gasteiger partial charge in [-0.05, 0) is 25.7 Å². The molecule has 1 aliphatic carbocycles. The second-order valence-corrected chi connectivity index (χ2v) is 6.90. The molecule has 0 aromatic rings. The highest BCUT2D eigenvalue weighted by molar-refractivity contribution is 7.89. The predicted octanol–water partition coefficient (Wildman–Crippen LogP) is 1.09. The van der Waals surface area contributed by atoms with Gasteiger partial charge in [0.15, 0.2) is 0 Å². The number of hydrogen-bond acceptors (Lipinski definition) is 3. The van der Waals surface area contributed by atoms with Crippen molar-refractivity contribution in [3.63, 3.8) is 0 Å². The molecule has 1 unspecified atom stereocenters. The van der Waals surface area contributed by atoms with Crippen molar-refractivity contribution in [1.29, 1.82) is 0 Å². The first-order valence-electron chi connectivity index (χ1n) is 6.14. The third-order valence-corrected chi connectivity index (χ3v) is 4.62. The maximum Gasteiger partial charge on any atom is 0.213 e. The van der Waals surface area contributed by atoms with E-state index in [0.717, 1.165) is 12.8 Å². The second-order valence-electron chi connectivity index (χ2n) is 5.03. The molecule has 0 aliphatic heterocycles. The van der Waals surface area contributed by atoms with Crippen LogP contribution in [0.25, 0.3) is 0 Å². The van der Waals surface area contributed by atoms with Gasteiger partial charge < -0.3 is 5.32 Å². The van der Waals surface area contributed by atoms with E-state index in [2.05, 4.69) is 10.0 Å². The van der Waals surface area contributed by atoms with Crippen LogP contribution in [0.2, 0.25) is 0 Å². The molecule has 1 fully saturated rings. The van der Waals surface area contributed by atoms with Crippen LogP contribution in [-0.4, -0.2) is 32.8 Å². The first kappa shape index (κ1) is 13.9. The van der Waals surface area contributed by atoms with E-state index in [1.165, 1.54) is 6.42 Å². The molecule has 0 aromatic heterocycles. The summed E-state index contributed by atoms with van der Waals surface area (Å²) in [5, 5.41) is 3.11. The Bertz CT molecular complexity index is 297. The Labute approximate surface area is 99.2 Å². The van der Waals surface area contributed by atoms with E-state index < -0.39 is 10.0 Å². The lowest BCUT2D eigenvalue weighted by atomic mass is 9.81. The molecule has 0 heterocycles. The molecule has 4 nitrogen and oxygen atoms in total. The molecule has 0 amide bonds. The summed E-state index contributed by atoms with van der Waals surface area (Å²) in [6, 6.07) is 0.428. The van der Waals surface area contributed by atoms with Crippen molar-refractivity contribution in [3.05, 3.63) is 0 Å². The van der Waals surface area contributed by atoms with Crippen LogP contribution in [0.15, 0.2) is 0 Å². The molecule has 0 aromatic carbocycles. The Hall–Kier alpha value is -0.130. The summed E-state index contributed by atoms with van der Waals surface area (Å²) in [7, 11) is -3.11. The van der Waals surface area contributed by atoms with Gasteiger partial charge in [0.05, 0.1) is 5.75 Å². The Morgan fingerprint density at radius 1 is 1.25 bits per heavy atom. The van der Waals surface area contributed by atoms with E-state index >= 15 is 0 Å². The highest BCUT2D eigenvalue weighted by Gasteiger charge is 2.26. The summed E-state index contributed by atoms with van der Waals surface area (Å²) in [6.07, 6.45) is 3.56. The Balaban J connectivity index is 2.27. The van der Waals surface area contributed by atoms with Crippen molar-refractivity contribution >= 4 is 10.0 Å². The average Bonchev–Trinajstić information content (AvgIpc) is 1.96. The van der Waals surface area contributed by atoms with Crippen LogP contribution in [0.1, 0.15) is 40.0 Å². The molecule has 0 spiro atoms. The van der Waals surface area contributed by atoms with Crippen LogP contribution in [0.5, 0.6) is 0 Å². The van der Waals surface area contributed by atoms with Gasteiger partial charge in [-0.2, -0.15) is 0 Å². The Morgan fingerprint density at radius 3 is 2.31 bits per heavy atom. The molecular weight excluding hydrogens is 224 g/mol. The van der Waals surface area contributed by atoms with E-state index in [1.54, 1.807) is 0 Å². The minimum atomic E-state index is -3.11. The molecule has 1 atom stereocenters. The highest BCUT2D eigenvalue weighted by atomic mass is 32.2. The molecule has 1 aliphatic rings. The van der Waals surface area contributed by atoms with Crippen LogP contribution in [0.4, 0.5) is 0 Å². The van der Waals surface area contributed by atoms with Crippen LogP contribution < -0.4 is 10.0 Å².